The zero-order valence-electron chi connectivity index (χ0n) is 12.3. The first-order valence-electron chi connectivity index (χ1n) is 7.14. The van der Waals surface area contributed by atoms with Gasteiger partial charge in [-0.25, -0.2) is 0 Å². The average Bonchev–Trinajstić information content (AvgIpc) is 2.72. The van der Waals surface area contributed by atoms with E-state index >= 15 is 0 Å². The number of aliphatic hydroxyl groups excluding tert-OH is 1. The summed E-state index contributed by atoms with van der Waals surface area (Å²) in [5.74, 6) is 1.02. The number of aromatic nitrogens is 2. The van der Waals surface area contributed by atoms with Crippen LogP contribution in [0.5, 0.6) is 0 Å². The quantitative estimate of drug-likeness (QED) is 0.913. The molecular weight excluding hydrogens is 250 g/mol. The van der Waals surface area contributed by atoms with Crippen LogP contribution in [-0.2, 0) is 20.1 Å². The van der Waals surface area contributed by atoms with Crippen molar-refractivity contribution in [1.29, 1.82) is 0 Å². The molecule has 1 aromatic carbocycles. The Morgan fingerprint density at radius 2 is 2.10 bits per heavy atom. The molecule has 0 saturated carbocycles. The Kier molecular flexibility index (Phi) is 3.26. The van der Waals surface area contributed by atoms with Crippen LogP contribution in [0.15, 0.2) is 24.3 Å². The van der Waals surface area contributed by atoms with E-state index in [1.807, 2.05) is 18.7 Å². The SMILES string of the molecule is Cc1nn(C)c(N2c3ccccc3CCC2C)c1CO. The van der Waals surface area contributed by atoms with Crippen molar-refractivity contribution in [2.45, 2.75) is 39.3 Å². The van der Waals surface area contributed by atoms with Gasteiger partial charge in [0, 0.05) is 24.3 Å². The summed E-state index contributed by atoms with van der Waals surface area (Å²) in [5.41, 5.74) is 4.44. The van der Waals surface area contributed by atoms with Gasteiger partial charge in [-0.05, 0) is 38.3 Å². The Labute approximate surface area is 119 Å². The lowest BCUT2D eigenvalue weighted by molar-refractivity contribution is 0.281. The second-order valence-corrected chi connectivity index (χ2v) is 5.56. The molecule has 0 amide bonds. The standard InChI is InChI=1S/C16H21N3O/c1-11-8-9-13-6-4-5-7-15(13)19(11)16-14(10-20)12(2)17-18(16)3/h4-7,11,20H,8-10H2,1-3H3. The van der Waals surface area contributed by atoms with Gasteiger partial charge in [-0.15, -0.1) is 0 Å². The molecule has 0 spiro atoms. The molecular formula is C16H21N3O. The molecule has 20 heavy (non-hydrogen) atoms. The molecule has 1 atom stereocenters. The third-order valence-corrected chi connectivity index (χ3v) is 4.22. The van der Waals surface area contributed by atoms with E-state index in [4.69, 9.17) is 0 Å². The number of hydrogen-bond acceptors (Lipinski definition) is 3. The summed E-state index contributed by atoms with van der Waals surface area (Å²) in [7, 11) is 1.95. The lowest BCUT2D eigenvalue weighted by Crippen LogP contribution is -2.35. The Morgan fingerprint density at radius 1 is 1.35 bits per heavy atom. The first-order chi connectivity index (χ1) is 9.63. The number of aryl methyl sites for hydroxylation is 3. The molecule has 0 bridgehead atoms. The van der Waals surface area contributed by atoms with Gasteiger partial charge < -0.3 is 10.0 Å². The monoisotopic (exact) mass is 271 g/mol. The molecule has 0 saturated heterocycles. The van der Waals surface area contributed by atoms with Crippen LogP contribution in [0.25, 0.3) is 0 Å². The van der Waals surface area contributed by atoms with E-state index in [0.717, 1.165) is 29.9 Å². The molecule has 1 unspecified atom stereocenters. The maximum atomic E-state index is 9.70. The van der Waals surface area contributed by atoms with E-state index in [9.17, 15) is 5.11 Å². The molecule has 1 aromatic heterocycles. The van der Waals surface area contributed by atoms with Gasteiger partial charge in [0.15, 0.2) is 0 Å². The van der Waals surface area contributed by atoms with Crippen LogP contribution in [0.4, 0.5) is 11.5 Å². The first-order valence-corrected chi connectivity index (χ1v) is 7.14. The predicted octanol–water partition coefficient (Wildman–Crippen LogP) is 2.69. The summed E-state index contributed by atoms with van der Waals surface area (Å²) >= 11 is 0. The number of aliphatic hydroxyl groups is 1. The zero-order chi connectivity index (χ0) is 14.3. The lowest BCUT2D eigenvalue weighted by atomic mass is 9.96. The fourth-order valence-electron chi connectivity index (χ4n) is 3.19. The van der Waals surface area contributed by atoms with Crippen LogP contribution in [0, 0.1) is 6.92 Å². The number of rotatable bonds is 2. The zero-order valence-corrected chi connectivity index (χ0v) is 12.3. The molecule has 2 aromatic rings. The van der Waals surface area contributed by atoms with E-state index in [1.54, 1.807) is 0 Å². The van der Waals surface area contributed by atoms with E-state index in [-0.39, 0.29) is 6.61 Å². The molecule has 0 fully saturated rings. The molecule has 4 nitrogen and oxygen atoms in total. The van der Waals surface area contributed by atoms with Crippen LogP contribution in [0.2, 0.25) is 0 Å². The topological polar surface area (TPSA) is 41.3 Å². The average molecular weight is 271 g/mol. The van der Waals surface area contributed by atoms with Crippen molar-refractivity contribution < 1.29 is 5.11 Å². The summed E-state index contributed by atoms with van der Waals surface area (Å²) in [6.07, 6.45) is 2.23. The van der Waals surface area contributed by atoms with Gasteiger partial charge in [-0.3, -0.25) is 4.68 Å². The van der Waals surface area contributed by atoms with Crippen molar-refractivity contribution in [1.82, 2.24) is 9.78 Å². The number of para-hydroxylation sites is 1. The molecule has 106 valence electrons. The molecule has 3 rings (SSSR count). The molecule has 2 heterocycles. The van der Waals surface area contributed by atoms with Crippen LogP contribution in [-0.4, -0.2) is 20.9 Å². The molecule has 1 N–H and O–H groups in total. The van der Waals surface area contributed by atoms with Crippen molar-refractivity contribution in [3.05, 3.63) is 41.1 Å². The van der Waals surface area contributed by atoms with Crippen molar-refractivity contribution in [2.75, 3.05) is 4.90 Å². The number of benzene rings is 1. The third-order valence-electron chi connectivity index (χ3n) is 4.22. The van der Waals surface area contributed by atoms with Gasteiger partial charge in [0.05, 0.1) is 12.3 Å². The normalized spacial score (nSPS) is 18.2. The second-order valence-electron chi connectivity index (χ2n) is 5.56. The Bertz CT molecular complexity index is 633. The maximum Gasteiger partial charge on any atom is 0.137 e. The fourth-order valence-corrected chi connectivity index (χ4v) is 3.19. The molecule has 1 aliphatic rings. The van der Waals surface area contributed by atoms with Gasteiger partial charge in [0.1, 0.15) is 5.82 Å². The second kappa shape index (κ2) is 4.94. The van der Waals surface area contributed by atoms with E-state index in [1.165, 1.54) is 11.3 Å². The largest absolute Gasteiger partial charge is 0.391 e. The van der Waals surface area contributed by atoms with Gasteiger partial charge in [-0.2, -0.15) is 5.10 Å². The molecule has 0 radical (unpaired) electrons. The number of hydrogen-bond donors (Lipinski definition) is 1. The van der Waals surface area contributed by atoms with Gasteiger partial charge in [0.2, 0.25) is 0 Å². The Hall–Kier alpha value is -1.81. The third kappa shape index (κ3) is 1.91. The summed E-state index contributed by atoms with van der Waals surface area (Å²) in [6.45, 7) is 4.22. The van der Waals surface area contributed by atoms with Crippen molar-refractivity contribution in [3.63, 3.8) is 0 Å². The van der Waals surface area contributed by atoms with Crippen LogP contribution < -0.4 is 4.90 Å². The molecule has 0 aliphatic carbocycles. The highest BCUT2D eigenvalue weighted by molar-refractivity contribution is 5.69. The van der Waals surface area contributed by atoms with Crippen molar-refractivity contribution in [2.24, 2.45) is 7.05 Å². The van der Waals surface area contributed by atoms with Crippen LogP contribution in [0.3, 0.4) is 0 Å². The minimum atomic E-state index is 0.0282. The summed E-state index contributed by atoms with van der Waals surface area (Å²) < 4.78 is 1.89. The molecule has 4 heteroatoms. The molecule has 1 aliphatic heterocycles. The highest BCUT2D eigenvalue weighted by atomic mass is 16.3. The van der Waals surface area contributed by atoms with Crippen molar-refractivity contribution in [3.8, 4) is 0 Å². The van der Waals surface area contributed by atoms with E-state index in [0.29, 0.717) is 6.04 Å². The lowest BCUT2D eigenvalue weighted by Gasteiger charge is -2.37. The highest BCUT2D eigenvalue weighted by Crippen LogP contribution is 2.38. The summed E-state index contributed by atoms with van der Waals surface area (Å²) in [5, 5.41) is 14.2. The minimum absolute atomic E-state index is 0.0282. The first kappa shape index (κ1) is 13.2. The highest BCUT2D eigenvalue weighted by Gasteiger charge is 2.28. The van der Waals surface area contributed by atoms with Crippen LogP contribution >= 0.6 is 0 Å². The predicted molar refractivity (Wildman–Crippen MR) is 80.2 cm³/mol. The van der Waals surface area contributed by atoms with Gasteiger partial charge in [-0.1, -0.05) is 18.2 Å². The number of anilines is 2. The Balaban J connectivity index is 2.19. The van der Waals surface area contributed by atoms with E-state index in [2.05, 4.69) is 41.2 Å². The Morgan fingerprint density at radius 3 is 2.85 bits per heavy atom. The van der Waals surface area contributed by atoms with Gasteiger partial charge >= 0.3 is 0 Å². The van der Waals surface area contributed by atoms with Crippen LogP contribution in [0.1, 0.15) is 30.2 Å². The smallest absolute Gasteiger partial charge is 0.137 e. The number of fused-ring (bicyclic) bond motifs is 1. The maximum absolute atomic E-state index is 9.70. The van der Waals surface area contributed by atoms with E-state index < -0.39 is 0 Å². The minimum Gasteiger partial charge on any atom is -0.391 e. The van der Waals surface area contributed by atoms with Crippen molar-refractivity contribution >= 4 is 11.5 Å². The van der Waals surface area contributed by atoms with Gasteiger partial charge in [0.25, 0.3) is 0 Å². The number of nitrogens with zero attached hydrogens (tertiary/aromatic N) is 3. The fraction of sp³-hybridized carbons (Fsp3) is 0.438. The summed E-state index contributed by atoms with van der Waals surface area (Å²) in [6, 6.07) is 8.93. The summed E-state index contributed by atoms with van der Waals surface area (Å²) in [4.78, 5) is 2.32.